The summed E-state index contributed by atoms with van der Waals surface area (Å²) in [6, 6.07) is 11.3. The van der Waals surface area contributed by atoms with Crippen LogP contribution in [0.5, 0.6) is 5.75 Å². The maximum atomic E-state index is 13.1. The van der Waals surface area contributed by atoms with E-state index in [-0.39, 0.29) is 23.9 Å². The van der Waals surface area contributed by atoms with E-state index in [0.717, 1.165) is 18.4 Å². The molecule has 2 aromatic rings. The van der Waals surface area contributed by atoms with E-state index < -0.39 is 28.3 Å². The highest BCUT2D eigenvalue weighted by molar-refractivity contribution is 7.89. The predicted molar refractivity (Wildman–Crippen MR) is 132 cm³/mol. The van der Waals surface area contributed by atoms with Gasteiger partial charge in [0.15, 0.2) is 6.29 Å². The molecule has 2 atom stereocenters. The lowest BCUT2D eigenvalue weighted by molar-refractivity contribution is -0.166. The van der Waals surface area contributed by atoms with Gasteiger partial charge in [0.1, 0.15) is 11.8 Å². The minimum atomic E-state index is -4.04. The highest BCUT2D eigenvalue weighted by Crippen LogP contribution is 2.18. The Bertz CT molecular complexity index is 1100. The minimum absolute atomic E-state index is 0.0154. The summed E-state index contributed by atoms with van der Waals surface area (Å²) in [5.74, 6) is -0.433. The van der Waals surface area contributed by atoms with Gasteiger partial charge in [0.25, 0.3) is 0 Å². The Kier molecular flexibility index (Phi) is 10.2. The van der Waals surface area contributed by atoms with Gasteiger partial charge >= 0.3 is 5.97 Å². The molecule has 2 aromatic carbocycles. The van der Waals surface area contributed by atoms with Crippen molar-refractivity contribution in [2.45, 2.75) is 49.8 Å². The molecule has 0 aliphatic carbocycles. The van der Waals surface area contributed by atoms with Gasteiger partial charge < -0.3 is 24.3 Å². The number of amides is 1. The number of carbonyl (C=O) groups is 2. The number of carbonyl (C=O) groups excluding carboxylic acids is 2. The van der Waals surface area contributed by atoms with Crippen LogP contribution < -0.4 is 14.8 Å². The third-order valence-corrected chi connectivity index (χ3v) is 6.93. The molecule has 1 fully saturated rings. The summed E-state index contributed by atoms with van der Waals surface area (Å²) in [6.07, 6.45) is 2.14. The van der Waals surface area contributed by atoms with Gasteiger partial charge in [-0.05, 0) is 68.1 Å². The predicted octanol–water partition coefficient (Wildman–Crippen LogP) is 2.63. The largest absolute Gasteiger partial charge is 0.497 e. The van der Waals surface area contributed by atoms with Crippen molar-refractivity contribution in [3.63, 3.8) is 0 Å². The summed E-state index contributed by atoms with van der Waals surface area (Å²) >= 11 is 0. The number of ether oxygens (including phenoxy) is 4. The maximum Gasteiger partial charge on any atom is 0.310 e. The summed E-state index contributed by atoms with van der Waals surface area (Å²) < 4.78 is 49.7. The van der Waals surface area contributed by atoms with Crippen LogP contribution >= 0.6 is 0 Å². The van der Waals surface area contributed by atoms with Crippen LogP contribution in [-0.2, 0) is 40.2 Å². The number of esters is 1. The molecule has 1 aliphatic rings. The Labute approximate surface area is 211 Å². The van der Waals surface area contributed by atoms with E-state index in [1.54, 1.807) is 31.2 Å². The second-order valence-electron chi connectivity index (χ2n) is 8.15. The lowest BCUT2D eigenvalue weighted by Gasteiger charge is -2.25. The van der Waals surface area contributed by atoms with Crippen LogP contribution in [-0.4, -0.2) is 59.6 Å². The van der Waals surface area contributed by atoms with Gasteiger partial charge in [0, 0.05) is 12.3 Å². The molecule has 11 heteroatoms. The summed E-state index contributed by atoms with van der Waals surface area (Å²) in [5, 5.41) is 2.70. The maximum absolute atomic E-state index is 13.1. The number of anilines is 1. The van der Waals surface area contributed by atoms with Crippen molar-refractivity contribution in [3.8, 4) is 5.75 Å². The highest BCUT2D eigenvalue weighted by atomic mass is 32.2. The van der Waals surface area contributed by atoms with Crippen LogP contribution in [0.2, 0.25) is 0 Å². The van der Waals surface area contributed by atoms with E-state index in [1.807, 2.05) is 0 Å². The van der Waals surface area contributed by atoms with E-state index in [1.165, 1.54) is 31.4 Å². The van der Waals surface area contributed by atoms with E-state index in [2.05, 4.69) is 10.0 Å². The average molecular weight is 521 g/mol. The van der Waals surface area contributed by atoms with Gasteiger partial charge in [-0.15, -0.1) is 0 Å². The van der Waals surface area contributed by atoms with Crippen molar-refractivity contribution in [2.24, 2.45) is 0 Å². The number of nitrogens with one attached hydrogen (secondary N) is 2. The summed E-state index contributed by atoms with van der Waals surface area (Å²) in [6.45, 7) is 2.37. The SMILES string of the molecule is CCOC(=O)Cc1ccc(NC(=O)[C@H](COC2CCCCO2)NS(=O)(=O)c2ccc(OC)cc2)cc1. The Morgan fingerprint density at radius 1 is 1.08 bits per heavy atom. The number of benzene rings is 2. The fraction of sp³-hybridized carbons (Fsp3) is 0.440. The molecule has 3 rings (SSSR count). The van der Waals surface area contributed by atoms with Crippen LogP contribution in [0, 0.1) is 0 Å². The zero-order valence-electron chi connectivity index (χ0n) is 20.4. The van der Waals surface area contributed by atoms with Gasteiger partial charge in [-0.25, -0.2) is 8.42 Å². The molecule has 1 amide bonds. The molecule has 1 heterocycles. The van der Waals surface area contributed by atoms with E-state index in [0.29, 0.717) is 31.1 Å². The third kappa shape index (κ3) is 8.30. The quantitative estimate of drug-likeness (QED) is 0.409. The van der Waals surface area contributed by atoms with Gasteiger partial charge in [-0.1, -0.05) is 12.1 Å². The zero-order chi connectivity index (χ0) is 26.0. The lowest BCUT2D eigenvalue weighted by Crippen LogP contribution is -2.47. The third-order valence-electron chi connectivity index (χ3n) is 5.45. The van der Waals surface area contributed by atoms with Crippen LogP contribution in [0.15, 0.2) is 53.4 Å². The Balaban J connectivity index is 1.70. The molecule has 0 aromatic heterocycles. The Morgan fingerprint density at radius 3 is 2.42 bits per heavy atom. The molecule has 10 nitrogen and oxygen atoms in total. The molecule has 0 bridgehead atoms. The number of rotatable bonds is 12. The number of hydrogen-bond donors (Lipinski definition) is 2. The van der Waals surface area contributed by atoms with Crippen molar-refractivity contribution < 1.29 is 37.0 Å². The van der Waals surface area contributed by atoms with Crippen LogP contribution in [0.4, 0.5) is 5.69 Å². The second kappa shape index (κ2) is 13.4. The van der Waals surface area contributed by atoms with E-state index >= 15 is 0 Å². The number of methoxy groups -OCH3 is 1. The molecule has 0 saturated carbocycles. The molecule has 0 radical (unpaired) electrons. The Morgan fingerprint density at radius 2 is 1.81 bits per heavy atom. The van der Waals surface area contributed by atoms with Gasteiger partial charge in [-0.2, -0.15) is 4.72 Å². The topological polar surface area (TPSA) is 129 Å². The van der Waals surface area contributed by atoms with Crippen LogP contribution in [0.1, 0.15) is 31.7 Å². The van der Waals surface area contributed by atoms with Crippen molar-refractivity contribution in [3.05, 3.63) is 54.1 Å². The molecule has 0 spiro atoms. The van der Waals surface area contributed by atoms with Gasteiger partial charge in [0.05, 0.1) is 31.6 Å². The second-order valence-corrected chi connectivity index (χ2v) is 9.86. The molecule has 1 unspecified atom stereocenters. The molecule has 1 aliphatic heterocycles. The van der Waals surface area contributed by atoms with Crippen molar-refractivity contribution >= 4 is 27.6 Å². The first kappa shape index (κ1) is 27.6. The zero-order valence-corrected chi connectivity index (χ0v) is 21.2. The molecular weight excluding hydrogens is 488 g/mol. The van der Waals surface area contributed by atoms with Gasteiger partial charge in [0.2, 0.25) is 15.9 Å². The summed E-state index contributed by atoms with van der Waals surface area (Å²) in [7, 11) is -2.56. The number of sulfonamides is 1. The minimum Gasteiger partial charge on any atom is -0.497 e. The monoisotopic (exact) mass is 520 g/mol. The number of hydrogen-bond acceptors (Lipinski definition) is 8. The first-order chi connectivity index (χ1) is 17.3. The fourth-order valence-electron chi connectivity index (χ4n) is 3.53. The van der Waals surface area contributed by atoms with Crippen LogP contribution in [0.25, 0.3) is 0 Å². The average Bonchev–Trinajstić information content (AvgIpc) is 2.88. The first-order valence-electron chi connectivity index (χ1n) is 11.8. The molecule has 36 heavy (non-hydrogen) atoms. The first-order valence-corrected chi connectivity index (χ1v) is 13.2. The molecule has 2 N–H and O–H groups in total. The Hall–Kier alpha value is -2.99. The summed E-state index contributed by atoms with van der Waals surface area (Å²) in [4.78, 5) is 24.7. The smallest absolute Gasteiger partial charge is 0.310 e. The lowest BCUT2D eigenvalue weighted by atomic mass is 10.1. The normalized spacial score (nSPS) is 16.7. The molecule has 1 saturated heterocycles. The molecule has 196 valence electrons. The van der Waals surface area contributed by atoms with Gasteiger partial charge in [-0.3, -0.25) is 9.59 Å². The summed E-state index contributed by atoms with van der Waals surface area (Å²) in [5.41, 5.74) is 1.16. The standard InChI is InChI=1S/C25H32N2O8S/c1-3-33-23(28)16-18-7-9-19(10-8-18)26-25(29)22(17-35-24-6-4-5-15-34-24)27-36(30,31)21-13-11-20(32-2)12-14-21/h7-14,22,24,27H,3-6,15-17H2,1-2H3,(H,26,29)/t22-,24?/m0/s1. The molecular formula is C25H32N2O8S. The van der Waals surface area contributed by atoms with E-state index in [4.69, 9.17) is 18.9 Å². The fourth-order valence-corrected chi connectivity index (χ4v) is 4.71. The van der Waals surface area contributed by atoms with Crippen LogP contribution in [0.3, 0.4) is 0 Å². The van der Waals surface area contributed by atoms with Crippen molar-refractivity contribution in [2.75, 3.05) is 32.2 Å². The highest BCUT2D eigenvalue weighted by Gasteiger charge is 2.28. The van der Waals surface area contributed by atoms with Crippen molar-refractivity contribution in [1.82, 2.24) is 4.72 Å². The van der Waals surface area contributed by atoms with E-state index in [9.17, 15) is 18.0 Å². The van der Waals surface area contributed by atoms with Crippen molar-refractivity contribution in [1.29, 1.82) is 0 Å².